The lowest BCUT2D eigenvalue weighted by atomic mass is 10.1. The van der Waals surface area contributed by atoms with Crippen LogP contribution in [0.1, 0.15) is 11.5 Å². The maximum absolute atomic E-state index is 13.0. The molecule has 0 radical (unpaired) electrons. The summed E-state index contributed by atoms with van der Waals surface area (Å²) in [5.41, 5.74) is 8.55. The first-order valence-electron chi connectivity index (χ1n) is 5.60. The van der Waals surface area contributed by atoms with Crippen LogP contribution in [0.15, 0.2) is 46.9 Å². The molecule has 18 heavy (non-hydrogen) atoms. The van der Waals surface area contributed by atoms with Gasteiger partial charge in [0.15, 0.2) is 11.5 Å². The van der Waals surface area contributed by atoms with Crippen LogP contribution in [0.3, 0.4) is 0 Å². The number of halogens is 1. The first kappa shape index (κ1) is 10.8. The average Bonchev–Trinajstić information content (AvgIpc) is 2.70. The molecular formula is C14H11FN2O. The number of fused-ring (bicyclic) bond motifs is 1. The number of benzene rings is 2. The molecule has 2 aromatic carbocycles. The lowest BCUT2D eigenvalue weighted by molar-refractivity contribution is 0.543. The van der Waals surface area contributed by atoms with Crippen LogP contribution in [0.25, 0.3) is 11.1 Å². The molecule has 2 N–H and O–H groups in total. The third-order valence-electron chi connectivity index (χ3n) is 2.70. The predicted octanol–water partition coefficient (Wildman–Crippen LogP) is 3.14. The molecule has 0 spiro atoms. The van der Waals surface area contributed by atoms with E-state index in [0.717, 1.165) is 5.56 Å². The third-order valence-corrected chi connectivity index (χ3v) is 2.70. The summed E-state index contributed by atoms with van der Waals surface area (Å²) in [4.78, 5) is 4.25. The van der Waals surface area contributed by atoms with E-state index in [9.17, 15) is 4.39 Å². The molecule has 0 aliphatic rings. The molecular weight excluding hydrogens is 231 g/mol. The second-order valence-electron chi connectivity index (χ2n) is 4.14. The van der Waals surface area contributed by atoms with Gasteiger partial charge in [-0.2, -0.15) is 0 Å². The zero-order valence-electron chi connectivity index (χ0n) is 9.56. The number of nitrogen functional groups attached to an aromatic ring is 1. The zero-order valence-corrected chi connectivity index (χ0v) is 9.56. The van der Waals surface area contributed by atoms with Crippen LogP contribution in [0, 0.1) is 5.82 Å². The molecule has 0 aliphatic carbocycles. The molecule has 0 saturated heterocycles. The van der Waals surface area contributed by atoms with Crippen molar-refractivity contribution in [3.63, 3.8) is 0 Å². The minimum atomic E-state index is -0.314. The summed E-state index contributed by atoms with van der Waals surface area (Å²) in [7, 11) is 0. The molecule has 0 amide bonds. The van der Waals surface area contributed by atoms with Gasteiger partial charge < -0.3 is 10.2 Å². The van der Waals surface area contributed by atoms with Gasteiger partial charge in [-0.1, -0.05) is 12.1 Å². The summed E-state index contributed by atoms with van der Waals surface area (Å²) in [6.07, 6.45) is 0.543. The second-order valence-corrected chi connectivity index (χ2v) is 4.14. The number of nitrogens with zero attached hydrogens (tertiary/aromatic N) is 1. The van der Waals surface area contributed by atoms with Gasteiger partial charge in [0.25, 0.3) is 0 Å². The Morgan fingerprint density at radius 2 is 2.06 bits per heavy atom. The van der Waals surface area contributed by atoms with Gasteiger partial charge in [-0.3, -0.25) is 0 Å². The van der Waals surface area contributed by atoms with Gasteiger partial charge in [0.2, 0.25) is 0 Å². The van der Waals surface area contributed by atoms with E-state index in [1.54, 1.807) is 6.07 Å². The summed E-state index contributed by atoms with van der Waals surface area (Å²) in [5, 5.41) is 0. The summed E-state index contributed by atoms with van der Waals surface area (Å²) < 4.78 is 18.6. The molecule has 1 aromatic heterocycles. The van der Waals surface area contributed by atoms with Crippen LogP contribution >= 0.6 is 0 Å². The molecule has 0 fully saturated rings. The van der Waals surface area contributed by atoms with Gasteiger partial charge >= 0.3 is 0 Å². The Morgan fingerprint density at radius 1 is 1.17 bits per heavy atom. The van der Waals surface area contributed by atoms with E-state index < -0.39 is 0 Å². The number of aromatic nitrogens is 1. The van der Waals surface area contributed by atoms with Crippen LogP contribution in [-0.4, -0.2) is 4.98 Å². The maximum Gasteiger partial charge on any atom is 0.199 e. The lowest BCUT2D eigenvalue weighted by Gasteiger charge is -1.98. The minimum absolute atomic E-state index is 0.314. The average molecular weight is 242 g/mol. The Hall–Kier alpha value is -2.36. The largest absolute Gasteiger partial charge is 0.440 e. The summed E-state index contributed by atoms with van der Waals surface area (Å²) in [5.74, 6) is 0.243. The Balaban J connectivity index is 1.95. The quantitative estimate of drug-likeness (QED) is 0.702. The van der Waals surface area contributed by atoms with E-state index in [1.807, 2.05) is 24.3 Å². The molecule has 0 saturated carbocycles. The smallest absolute Gasteiger partial charge is 0.199 e. The molecule has 3 nitrogen and oxygen atoms in total. The fraction of sp³-hybridized carbons (Fsp3) is 0.0714. The van der Waals surface area contributed by atoms with Crippen LogP contribution in [-0.2, 0) is 6.42 Å². The minimum Gasteiger partial charge on any atom is -0.440 e. The highest BCUT2D eigenvalue weighted by molar-refractivity contribution is 5.72. The standard InChI is InChI=1S/C14H11FN2O/c15-10-4-5-13-12(8-10)17-14(18-13)7-9-2-1-3-11(16)6-9/h1-6,8H,7,16H2. The molecule has 0 bridgehead atoms. The van der Waals surface area contributed by atoms with Crippen molar-refractivity contribution in [1.29, 1.82) is 0 Å². The van der Waals surface area contributed by atoms with E-state index in [1.165, 1.54) is 12.1 Å². The third kappa shape index (κ3) is 2.05. The van der Waals surface area contributed by atoms with E-state index in [4.69, 9.17) is 10.2 Å². The van der Waals surface area contributed by atoms with Gasteiger partial charge in [-0.25, -0.2) is 9.37 Å². The molecule has 0 aliphatic heterocycles. The monoisotopic (exact) mass is 242 g/mol. The Labute approximate surface area is 103 Å². The molecule has 90 valence electrons. The lowest BCUT2D eigenvalue weighted by Crippen LogP contribution is -1.90. The first-order chi connectivity index (χ1) is 8.70. The Morgan fingerprint density at radius 3 is 2.89 bits per heavy atom. The SMILES string of the molecule is Nc1cccc(Cc2nc3cc(F)ccc3o2)c1. The topological polar surface area (TPSA) is 52.0 Å². The fourth-order valence-corrected chi connectivity index (χ4v) is 1.90. The summed E-state index contributed by atoms with van der Waals surface area (Å²) >= 11 is 0. The van der Waals surface area contributed by atoms with E-state index in [-0.39, 0.29) is 5.82 Å². The van der Waals surface area contributed by atoms with Crippen molar-refractivity contribution >= 4 is 16.8 Å². The molecule has 4 heteroatoms. The highest BCUT2D eigenvalue weighted by atomic mass is 19.1. The number of hydrogen-bond donors (Lipinski definition) is 1. The van der Waals surface area contributed by atoms with Gasteiger partial charge in [-0.15, -0.1) is 0 Å². The summed E-state index contributed by atoms with van der Waals surface area (Å²) in [6.45, 7) is 0. The highest BCUT2D eigenvalue weighted by Crippen LogP contribution is 2.19. The zero-order chi connectivity index (χ0) is 12.5. The predicted molar refractivity (Wildman–Crippen MR) is 67.6 cm³/mol. The molecule has 0 unspecified atom stereocenters. The summed E-state index contributed by atoms with van der Waals surface area (Å²) in [6, 6.07) is 11.8. The molecule has 3 aromatic rings. The maximum atomic E-state index is 13.0. The van der Waals surface area contributed by atoms with Crippen molar-refractivity contribution in [2.75, 3.05) is 5.73 Å². The number of oxazole rings is 1. The van der Waals surface area contributed by atoms with E-state index in [2.05, 4.69) is 4.98 Å². The van der Waals surface area contributed by atoms with Gasteiger partial charge in [-0.05, 0) is 29.8 Å². The van der Waals surface area contributed by atoms with Gasteiger partial charge in [0.1, 0.15) is 11.3 Å². The number of rotatable bonds is 2. The van der Waals surface area contributed by atoms with Crippen molar-refractivity contribution in [2.24, 2.45) is 0 Å². The van der Waals surface area contributed by atoms with Crippen molar-refractivity contribution in [2.45, 2.75) is 6.42 Å². The van der Waals surface area contributed by atoms with Crippen molar-refractivity contribution < 1.29 is 8.81 Å². The Kier molecular flexibility index (Phi) is 2.48. The van der Waals surface area contributed by atoms with E-state index >= 15 is 0 Å². The second kappa shape index (κ2) is 4.14. The molecule has 0 atom stereocenters. The van der Waals surface area contributed by atoms with Crippen molar-refractivity contribution in [1.82, 2.24) is 4.98 Å². The number of nitrogens with two attached hydrogens (primary N) is 1. The van der Waals surface area contributed by atoms with Crippen LogP contribution in [0.2, 0.25) is 0 Å². The van der Waals surface area contributed by atoms with Gasteiger partial charge in [0.05, 0.1) is 0 Å². The van der Waals surface area contributed by atoms with Crippen LogP contribution in [0.4, 0.5) is 10.1 Å². The first-order valence-corrected chi connectivity index (χ1v) is 5.60. The fourth-order valence-electron chi connectivity index (χ4n) is 1.90. The highest BCUT2D eigenvalue weighted by Gasteiger charge is 2.07. The van der Waals surface area contributed by atoms with Crippen LogP contribution in [0.5, 0.6) is 0 Å². The molecule has 1 heterocycles. The Bertz CT molecular complexity index is 706. The normalized spacial score (nSPS) is 10.9. The van der Waals surface area contributed by atoms with Crippen molar-refractivity contribution in [3.8, 4) is 0 Å². The van der Waals surface area contributed by atoms with Gasteiger partial charge in [0, 0.05) is 18.2 Å². The van der Waals surface area contributed by atoms with E-state index in [0.29, 0.717) is 29.1 Å². The number of hydrogen-bond acceptors (Lipinski definition) is 3. The van der Waals surface area contributed by atoms with Crippen molar-refractivity contribution in [3.05, 3.63) is 59.7 Å². The molecule has 3 rings (SSSR count). The number of anilines is 1. The van der Waals surface area contributed by atoms with Crippen LogP contribution < -0.4 is 5.73 Å².